The maximum atomic E-state index is 13.9. The Labute approximate surface area is 184 Å². The highest BCUT2D eigenvalue weighted by molar-refractivity contribution is 6.31. The standard InChI is InChI=1S/C24H20ClFN4O/c1-13-21-23(30-29-13)31-22(28)20(12-27)24(21,16-5-3-6-16)17-8-15(9-18(25)11-17)14-4-2-7-19(26)10-14/h2,4,7-11,16H,3,5-6,28H2,1H3,(H,29,30). The zero-order valence-electron chi connectivity index (χ0n) is 16.9. The number of fused-ring (bicyclic) bond motifs is 1. The molecule has 0 bridgehead atoms. The minimum Gasteiger partial charge on any atom is -0.420 e. The van der Waals surface area contributed by atoms with Crippen LogP contribution in [0.1, 0.15) is 36.1 Å². The zero-order valence-corrected chi connectivity index (χ0v) is 17.6. The SMILES string of the molecule is Cc1[nH]nc2c1C(c1cc(Cl)cc(-c3cccc(F)c3)c1)(C1CCC1)C(C#N)=C(N)O2. The summed E-state index contributed by atoms with van der Waals surface area (Å²) in [6.45, 7) is 1.91. The van der Waals surface area contributed by atoms with Crippen LogP contribution in [0.4, 0.5) is 4.39 Å². The van der Waals surface area contributed by atoms with Crippen molar-refractivity contribution in [1.82, 2.24) is 10.2 Å². The number of rotatable bonds is 3. The molecule has 0 amide bonds. The number of allylic oxidation sites excluding steroid dienone is 1. The van der Waals surface area contributed by atoms with E-state index in [1.54, 1.807) is 12.1 Å². The van der Waals surface area contributed by atoms with E-state index in [0.717, 1.165) is 41.6 Å². The normalized spacial score (nSPS) is 20.6. The highest BCUT2D eigenvalue weighted by Gasteiger charge is 2.54. The van der Waals surface area contributed by atoms with Crippen LogP contribution in [0.15, 0.2) is 53.9 Å². The molecular weight excluding hydrogens is 415 g/mol. The molecule has 1 fully saturated rings. The average molecular weight is 435 g/mol. The summed E-state index contributed by atoms with van der Waals surface area (Å²) in [7, 11) is 0. The van der Waals surface area contributed by atoms with E-state index in [0.29, 0.717) is 22.0 Å². The van der Waals surface area contributed by atoms with Gasteiger partial charge in [-0.2, -0.15) is 5.26 Å². The van der Waals surface area contributed by atoms with Gasteiger partial charge >= 0.3 is 0 Å². The third-order valence-corrected chi connectivity index (χ3v) is 6.71. The number of aromatic amines is 1. The quantitative estimate of drug-likeness (QED) is 0.581. The molecule has 1 atom stereocenters. The van der Waals surface area contributed by atoms with Gasteiger partial charge in [0.05, 0.1) is 11.0 Å². The summed E-state index contributed by atoms with van der Waals surface area (Å²) < 4.78 is 19.6. The third kappa shape index (κ3) is 2.84. The van der Waals surface area contributed by atoms with Gasteiger partial charge in [0.1, 0.15) is 17.5 Å². The number of halogens is 2. The molecule has 2 aliphatic rings. The van der Waals surface area contributed by atoms with Crippen molar-refractivity contribution in [1.29, 1.82) is 5.26 Å². The molecule has 1 aromatic heterocycles. The van der Waals surface area contributed by atoms with Gasteiger partial charge in [-0.15, -0.1) is 5.10 Å². The first-order valence-electron chi connectivity index (χ1n) is 10.2. The molecule has 3 N–H and O–H groups in total. The summed E-state index contributed by atoms with van der Waals surface area (Å²) in [5.74, 6) is 0.251. The van der Waals surface area contributed by atoms with E-state index in [4.69, 9.17) is 22.1 Å². The van der Waals surface area contributed by atoms with E-state index in [-0.39, 0.29) is 17.6 Å². The van der Waals surface area contributed by atoms with E-state index < -0.39 is 5.41 Å². The molecule has 0 radical (unpaired) electrons. The molecule has 0 spiro atoms. The van der Waals surface area contributed by atoms with Crippen molar-refractivity contribution in [2.24, 2.45) is 11.7 Å². The number of hydrogen-bond donors (Lipinski definition) is 2. The van der Waals surface area contributed by atoms with Crippen molar-refractivity contribution in [2.45, 2.75) is 31.6 Å². The maximum absolute atomic E-state index is 13.9. The lowest BCUT2D eigenvalue weighted by Gasteiger charge is -2.47. The molecule has 156 valence electrons. The summed E-state index contributed by atoms with van der Waals surface area (Å²) in [6.07, 6.45) is 2.93. The third-order valence-electron chi connectivity index (χ3n) is 6.50. The lowest BCUT2D eigenvalue weighted by atomic mass is 9.55. The van der Waals surface area contributed by atoms with Crippen LogP contribution in [0.5, 0.6) is 5.88 Å². The molecule has 1 unspecified atom stereocenters. The fourth-order valence-corrected chi connectivity index (χ4v) is 5.22. The van der Waals surface area contributed by atoms with Crippen LogP contribution >= 0.6 is 11.6 Å². The zero-order chi connectivity index (χ0) is 21.8. The Morgan fingerprint density at radius 2 is 2.06 bits per heavy atom. The second-order valence-electron chi connectivity index (χ2n) is 8.16. The van der Waals surface area contributed by atoms with E-state index in [1.807, 2.05) is 25.1 Å². The first kappa shape index (κ1) is 19.7. The van der Waals surface area contributed by atoms with Gasteiger partial charge in [-0.05, 0) is 72.7 Å². The summed E-state index contributed by atoms with van der Waals surface area (Å²) in [5, 5.41) is 18.0. The van der Waals surface area contributed by atoms with E-state index >= 15 is 0 Å². The number of nitriles is 1. The molecule has 1 aliphatic carbocycles. The predicted octanol–water partition coefficient (Wildman–Crippen LogP) is 5.35. The van der Waals surface area contributed by atoms with Gasteiger partial charge in [0.25, 0.3) is 0 Å². The van der Waals surface area contributed by atoms with Crippen LogP contribution < -0.4 is 10.5 Å². The van der Waals surface area contributed by atoms with Gasteiger partial charge < -0.3 is 10.5 Å². The molecule has 1 aliphatic heterocycles. The van der Waals surface area contributed by atoms with Gasteiger partial charge in [0.15, 0.2) is 0 Å². The maximum Gasteiger partial charge on any atom is 0.244 e. The average Bonchev–Trinajstić information content (AvgIpc) is 3.06. The van der Waals surface area contributed by atoms with Crippen LogP contribution in [-0.4, -0.2) is 10.2 Å². The van der Waals surface area contributed by atoms with E-state index in [1.165, 1.54) is 12.1 Å². The molecular formula is C24H20ClFN4O. The number of nitrogens with zero attached hydrogens (tertiary/aromatic N) is 2. The van der Waals surface area contributed by atoms with Crippen molar-refractivity contribution >= 4 is 11.6 Å². The Morgan fingerprint density at radius 1 is 1.26 bits per heavy atom. The Balaban J connectivity index is 1.84. The topological polar surface area (TPSA) is 87.7 Å². The predicted molar refractivity (Wildman–Crippen MR) is 116 cm³/mol. The number of ether oxygens (including phenoxy) is 1. The lowest BCUT2D eigenvalue weighted by Crippen LogP contribution is -2.46. The Morgan fingerprint density at radius 3 is 2.74 bits per heavy atom. The molecule has 3 aromatic rings. The minimum absolute atomic E-state index is 0.0562. The molecule has 0 saturated heterocycles. The van der Waals surface area contributed by atoms with Crippen LogP contribution in [0.25, 0.3) is 11.1 Å². The summed E-state index contributed by atoms with van der Waals surface area (Å²) in [4.78, 5) is 0. The molecule has 31 heavy (non-hydrogen) atoms. The monoisotopic (exact) mass is 434 g/mol. The number of benzene rings is 2. The van der Waals surface area contributed by atoms with Crippen molar-refractivity contribution < 1.29 is 9.13 Å². The fraction of sp³-hybridized carbons (Fsp3) is 0.250. The summed E-state index contributed by atoms with van der Waals surface area (Å²) in [6, 6.07) is 14.3. The smallest absolute Gasteiger partial charge is 0.244 e. The second kappa shape index (κ2) is 7.14. The van der Waals surface area contributed by atoms with Gasteiger partial charge in [-0.25, -0.2) is 4.39 Å². The highest BCUT2D eigenvalue weighted by Crippen LogP contribution is 2.58. The molecule has 5 nitrogen and oxygen atoms in total. The van der Waals surface area contributed by atoms with Crippen molar-refractivity contribution in [2.75, 3.05) is 0 Å². The number of aryl methyl sites for hydroxylation is 1. The summed E-state index contributed by atoms with van der Waals surface area (Å²) >= 11 is 6.58. The molecule has 5 rings (SSSR count). The number of H-pyrrole nitrogens is 1. The van der Waals surface area contributed by atoms with Crippen LogP contribution in [-0.2, 0) is 5.41 Å². The van der Waals surface area contributed by atoms with E-state index in [9.17, 15) is 9.65 Å². The van der Waals surface area contributed by atoms with Crippen molar-refractivity contribution in [3.8, 4) is 23.1 Å². The molecule has 1 saturated carbocycles. The van der Waals surface area contributed by atoms with Crippen molar-refractivity contribution in [3.05, 3.63) is 81.6 Å². The Hall–Kier alpha value is -3.30. The Bertz CT molecular complexity index is 1270. The minimum atomic E-state index is -0.839. The number of nitrogens with two attached hydrogens (primary N) is 1. The highest BCUT2D eigenvalue weighted by atomic mass is 35.5. The summed E-state index contributed by atoms with van der Waals surface area (Å²) in [5.41, 5.74) is 9.71. The lowest BCUT2D eigenvalue weighted by molar-refractivity contribution is 0.207. The van der Waals surface area contributed by atoms with Gasteiger partial charge in [0, 0.05) is 10.7 Å². The molecule has 2 heterocycles. The van der Waals surface area contributed by atoms with Gasteiger partial charge in [-0.1, -0.05) is 30.2 Å². The first-order valence-corrected chi connectivity index (χ1v) is 10.5. The van der Waals surface area contributed by atoms with Crippen LogP contribution in [0.2, 0.25) is 5.02 Å². The largest absolute Gasteiger partial charge is 0.420 e. The van der Waals surface area contributed by atoms with Gasteiger partial charge in [-0.3, -0.25) is 5.10 Å². The fourth-order valence-electron chi connectivity index (χ4n) is 4.99. The Kier molecular flexibility index (Phi) is 4.53. The molecule has 2 aromatic carbocycles. The second-order valence-corrected chi connectivity index (χ2v) is 8.59. The van der Waals surface area contributed by atoms with Crippen LogP contribution in [0, 0.1) is 30.0 Å². The van der Waals surface area contributed by atoms with Crippen molar-refractivity contribution in [3.63, 3.8) is 0 Å². The molecule has 7 heteroatoms. The van der Waals surface area contributed by atoms with Crippen LogP contribution in [0.3, 0.4) is 0 Å². The van der Waals surface area contributed by atoms with Gasteiger partial charge in [0.2, 0.25) is 11.8 Å². The number of hydrogen-bond acceptors (Lipinski definition) is 4. The number of aromatic nitrogens is 2. The van der Waals surface area contributed by atoms with E-state index in [2.05, 4.69) is 16.3 Å². The number of nitrogens with one attached hydrogen (secondary N) is 1. The first-order chi connectivity index (χ1) is 14.9.